The summed E-state index contributed by atoms with van der Waals surface area (Å²) in [7, 11) is 0. The maximum atomic E-state index is 6.13. The van der Waals surface area contributed by atoms with Gasteiger partial charge in [0.15, 0.2) is 0 Å². The number of hydrogen-bond acceptors (Lipinski definition) is 1. The van der Waals surface area contributed by atoms with Crippen molar-refractivity contribution >= 4 is 24.0 Å². The highest BCUT2D eigenvalue weighted by Crippen LogP contribution is 2.38. The van der Waals surface area contributed by atoms with Gasteiger partial charge in [-0.3, -0.25) is 0 Å². The zero-order valence-electron chi connectivity index (χ0n) is 7.29. The summed E-state index contributed by atoms with van der Waals surface area (Å²) in [6.45, 7) is 0. The topological polar surface area (TPSA) is 26.0 Å². The van der Waals surface area contributed by atoms with Crippen LogP contribution in [-0.2, 0) is 5.54 Å². The number of rotatable bonds is 1. The molecule has 0 radical (unpaired) electrons. The first-order valence-corrected chi connectivity index (χ1v) is 4.63. The minimum Gasteiger partial charge on any atom is -0.321 e. The van der Waals surface area contributed by atoms with Gasteiger partial charge in [-0.25, -0.2) is 0 Å². The summed E-state index contributed by atoms with van der Waals surface area (Å²) in [6.07, 6.45) is 3.46. The van der Waals surface area contributed by atoms with E-state index in [1.54, 1.807) is 0 Å². The Morgan fingerprint density at radius 1 is 1.15 bits per heavy atom. The van der Waals surface area contributed by atoms with E-state index in [0.29, 0.717) is 0 Å². The predicted octanol–water partition coefficient (Wildman–Crippen LogP) is 3.10. The number of benzene rings is 1. The molecule has 0 atom stereocenters. The molecule has 0 unspecified atom stereocenters. The van der Waals surface area contributed by atoms with Gasteiger partial charge in [0.05, 0.1) is 0 Å². The second kappa shape index (κ2) is 3.87. The third kappa shape index (κ3) is 1.98. The highest BCUT2D eigenvalue weighted by molar-refractivity contribution is 6.30. The second-order valence-electron chi connectivity index (χ2n) is 3.52. The van der Waals surface area contributed by atoms with E-state index in [1.165, 1.54) is 12.0 Å². The van der Waals surface area contributed by atoms with Gasteiger partial charge >= 0.3 is 0 Å². The molecule has 1 aromatic rings. The largest absolute Gasteiger partial charge is 0.321 e. The van der Waals surface area contributed by atoms with Crippen molar-refractivity contribution in [1.29, 1.82) is 0 Å². The summed E-state index contributed by atoms with van der Waals surface area (Å²) >= 11 is 5.78. The molecule has 13 heavy (non-hydrogen) atoms. The van der Waals surface area contributed by atoms with Crippen molar-refractivity contribution in [2.75, 3.05) is 0 Å². The van der Waals surface area contributed by atoms with E-state index in [9.17, 15) is 0 Å². The van der Waals surface area contributed by atoms with Crippen LogP contribution in [0.15, 0.2) is 24.3 Å². The van der Waals surface area contributed by atoms with Gasteiger partial charge in [0.2, 0.25) is 0 Å². The summed E-state index contributed by atoms with van der Waals surface area (Å²) in [5.41, 5.74) is 7.30. The zero-order valence-corrected chi connectivity index (χ0v) is 8.87. The molecule has 0 amide bonds. The van der Waals surface area contributed by atoms with Gasteiger partial charge in [0.1, 0.15) is 0 Å². The third-order valence-corrected chi connectivity index (χ3v) is 2.92. The van der Waals surface area contributed by atoms with E-state index < -0.39 is 0 Å². The highest BCUT2D eigenvalue weighted by atomic mass is 35.5. The Bertz CT molecular complexity index is 277. The number of hydrogen-bond donors (Lipinski definition) is 1. The summed E-state index contributed by atoms with van der Waals surface area (Å²) in [6, 6.07) is 7.87. The number of nitrogens with two attached hydrogens (primary N) is 1. The maximum absolute atomic E-state index is 6.13. The van der Waals surface area contributed by atoms with Crippen LogP contribution in [0.2, 0.25) is 5.02 Å². The van der Waals surface area contributed by atoms with Crippen LogP contribution in [0.4, 0.5) is 0 Å². The van der Waals surface area contributed by atoms with Crippen molar-refractivity contribution in [3.8, 4) is 0 Å². The molecule has 0 aromatic heterocycles. The van der Waals surface area contributed by atoms with Gasteiger partial charge in [-0.2, -0.15) is 0 Å². The first-order chi connectivity index (χ1) is 5.71. The Hall–Kier alpha value is -0.240. The lowest BCUT2D eigenvalue weighted by Gasteiger charge is -2.38. The fourth-order valence-corrected chi connectivity index (χ4v) is 1.75. The molecule has 0 spiro atoms. The van der Waals surface area contributed by atoms with Crippen LogP contribution >= 0.6 is 24.0 Å². The van der Waals surface area contributed by atoms with E-state index in [-0.39, 0.29) is 17.9 Å². The lowest BCUT2D eigenvalue weighted by Crippen LogP contribution is -2.43. The summed E-state index contributed by atoms with van der Waals surface area (Å²) < 4.78 is 0. The summed E-state index contributed by atoms with van der Waals surface area (Å²) in [5.74, 6) is 0. The highest BCUT2D eigenvalue weighted by Gasteiger charge is 2.33. The van der Waals surface area contributed by atoms with Crippen molar-refractivity contribution in [2.24, 2.45) is 5.73 Å². The second-order valence-corrected chi connectivity index (χ2v) is 3.95. The normalized spacial score (nSPS) is 18.6. The molecule has 0 saturated heterocycles. The van der Waals surface area contributed by atoms with Crippen LogP contribution in [0.5, 0.6) is 0 Å². The molecule has 0 aliphatic heterocycles. The van der Waals surface area contributed by atoms with Gasteiger partial charge in [0.25, 0.3) is 0 Å². The first-order valence-electron chi connectivity index (χ1n) is 4.26. The van der Waals surface area contributed by atoms with E-state index in [4.69, 9.17) is 17.3 Å². The molecule has 0 heterocycles. The van der Waals surface area contributed by atoms with Gasteiger partial charge in [-0.05, 0) is 37.0 Å². The Labute approximate surface area is 89.7 Å². The van der Waals surface area contributed by atoms with Gasteiger partial charge in [-0.1, -0.05) is 23.7 Å². The van der Waals surface area contributed by atoms with Gasteiger partial charge < -0.3 is 5.73 Å². The molecule has 72 valence electrons. The third-order valence-electron chi connectivity index (χ3n) is 2.66. The molecule has 1 fully saturated rings. The SMILES string of the molecule is Cl.NC1(c2ccc(Cl)cc2)CCC1. The lowest BCUT2D eigenvalue weighted by molar-refractivity contribution is 0.253. The van der Waals surface area contributed by atoms with Crippen LogP contribution in [0.25, 0.3) is 0 Å². The Morgan fingerprint density at radius 3 is 2.08 bits per heavy atom. The molecule has 1 saturated carbocycles. The smallest absolute Gasteiger partial charge is 0.0409 e. The molecule has 1 aromatic carbocycles. The van der Waals surface area contributed by atoms with Gasteiger partial charge in [-0.15, -0.1) is 12.4 Å². The molecule has 3 heteroatoms. The molecular weight excluding hydrogens is 205 g/mol. The van der Waals surface area contributed by atoms with Crippen molar-refractivity contribution in [1.82, 2.24) is 0 Å². The first kappa shape index (κ1) is 10.8. The van der Waals surface area contributed by atoms with Crippen LogP contribution in [0, 0.1) is 0 Å². The molecular formula is C10H13Cl2N. The quantitative estimate of drug-likeness (QED) is 0.770. The molecule has 0 bridgehead atoms. The minimum absolute atomic E-state index is 0. The molecule has 1 nitrogen and oxygen atoms in total. The van der Waals surface area contributed by atoms with E-state index in [2.05, 4.69) is 0 Å². The van der Waals surface area contributed by atoms with Crippen molar-refractivity contribution in [3.05, 3.63) is 34.9 Å². The number of halogens is 2. The van der Waals surface area contributed by atoms with Crippen molar-refractivity contribution < 1.29 is 0 Å². The molecule has 2 rings (SSSR count). The van der Waals surface area contributed by atoms with E-state index in [1.807, 2.05) is 24.3 Å². The molecule has 1 aliphatic rings. The van der Waals surface area contributed by atoms with Crippen LogP contribution in [-0.4, -0.2) is 0 Å². The molecule has 2 N–H and O–H groups in total. The fourth-order valence-electron chi connectivity index (χ4n) is 1.63. The average molecular weight is 218 g/mol. The fraction of sp³-hybridized carbons (Fsp3) is 0.400. The Morgan fingerprint density at radius 2 is 1.69 bits per heavy atom. The lowest BCUT2D eigenvalue weighted by atomic mass is 9.73. The summed E-state index contributed by atoms with van der Waals surface area (Å²) in [5, 5.41) is 0.779. The minimum atomic E-state index is -0.0510. The summed E-state index contributed by atoms with van der Waals surface area (Å²) in [4.78, 5) is 0. The van der Waals surface area contributed by atoms with Crippen LogP contribution in [0.3, 0.4) is 0 Å². The monoisotopic (exact) mass is 217 g/mol. The van der Waals surface area contributed by atoms with Crippen LogP contribution < -0.4 is 5.73 Å². The Balaban J connectivity index is 0.000000845. The zero-order chi connectivity index (χ0) is 8.60. The van der Waals surface area contributed by atoms with Crippen LogP contribution in [0.1, 0.15) is 24.8 Å². The van der Waals surface area contributed by atoms with E-state index in [0.717, 1.165) is 17.9 Å². The predicted molar refractivity (Wildman–Crippen MR) is 58.4 cm³/mol. The average Bonchev–Trinajstić information content (AvgIpc) is 2.02. The van der Waals surface area contributed by atoms with Crippen molar-refractivity contribution in [2.45, 2.75) is 24.8 Å². The standard InChI is InChI=1S/C10H12ClN.ClH/c11-9-4-2-8(3-5-9)10(12)6-1-7-10;/h2-5H,1,6-7,12H2;1H. The van der Waals surface area contributed by atoms with E-state index >= 15 is 0 Å². The molecule has 1 aliphatic carbocycles. The van der Waals surface area contributed by atoms with Gasteiger partial charge in [0, 0.05) is 10.6 Å². The van der Waals surface area contributed by atoms with Crippen molar-refractivity contribution in [3.63, 3.8) is 0 Å². The Kier molecular flexibility index (Phi) is 3.23. The maximum Gasteiger partial charge on any atom is 0.0409 e.